The van der Waals surface area contributed by atoms with Crippen LogP contribution in [0.15, 0.2) is 132 Å². The van der Waals surface area contributed by atoms with Crippen LogP contribution in [0.1, 0.15) is 0 Å². The first-order valence-corrected chi connectivity index (χ1v) is 15.0. The minimum absolute atomic E-state index is 0.918. The normalized spacial score (nSPS) is 12.3. The highest BCUT2D eigenvalue weighted by atomic mass is 32.1. The Morgan fingerprint density at radius 1 is 0.500 bits per heavy atom. The molecule has 2 heterocycles. The van der Waals surface area contributed by atoms with Crippen molar-refractivity contribution in [3.05, 3.63) is 127 Å². The van der Waals surface area contributed by atoms with E-state index in [-0.39, 0.29) is 0 Å². The van der Waals surface area contributed by atoms with E-state index in [0.717, 1.165) is 38.0 Å². The second-order valence-electron chi connectivity index (χ2n) is 11.1. The van der Waals surface area contributed by atoms with Gasteiger partial charge in [-0.25, -0.2) is 4.98 Å². The quantitative estimate of drug-likeness (QED) is 0.214. The van der Waals surface area contributed by atoms with Crippen molar-refractivity contribution in [3.8, 4) is 44.0 Å². The SMILES string of the molecule is c1ccc(-c2cc3c(oc4ccccc43)c3c2-c2cccc4cccc-3c24)c(-c2nc3c(ccc4ccccc43)s2)c1. The fraction of sp³-hybridized carbons (Fsp3) is 0. The fourth-order valence-corrected chi connectivity index (χ4v) is 8.07. The van der Waals surface area contributed by atoms with E-state index in [9.17, 15) is 0 Å². The lowest BCUT2D eigenvalue weighted by atomic mass is 9.89. The Labute approximate surface area is 245 Å². The molecule has 10 rings (SSSR count). The number of rotatable bonds is 2. The summed E-state index contributed by atoms with van der Waals surface area (Å²) in [5, 5.41) is 8.30. The number of thiazole rings is 1. The van der Waals surface area contributed by atoms with E-state index < -0.39 is 0 Å². The van der Waals surface area contributed by atoms with Gasteiger partial charge in [0, 0.05) is 32.8 Å². The second kappa shape index (κ2) is 8.16. The van der Waals surface area contributed by atoms with Gasteiger partial charge in [0.15, 0.2) is 0 Å². The molecule has 0 fully saturated rings. The summed E-state index contributed by atoms with van der Waals surface area (Å²) in [5.74, 6) is 0. The number of furan rings is 1. The molecule has 0 atom stereocenters. The second-order valence-corrected chi connectivity index (χ2v) is 12.1. The zero-order valence-corrected chi connectivity index (χ0v) is 23.2. The van der Waals surface area contributed by atoms with Crippen LogP contribution in [0.25, 0.3) is 97.7 Å². The highest BCUT2D eigenvalue weighted by Crippen LogP contribution is 2.56. The molecule has 1 aliphatic rings. The Bertz CT molecular complexity index is 2580. The Morgan fingerprint density at radius 2 is 1.19 bits per heavy atom. The molecule has 9 aromatic rings. The molecule has 0 unspecified atom stereocenters. The molecule has 0 aliphatic heterocycles. The summed E-state index contributed by atoms with van der Waals surface area (Å²) in [6.07, 6.45) is 0. The minimum Gasteiger partial charge on any atom is -0.455 e. The lowest BCUT2D eigenvalue weighted by molar-refractivity contribution is 0.670. The summed E-state index contributed by atoms with van der Waals surface area (Å²) >= 11 is 1.77. The Morgan fingerprint density at radius 3 is 2.07 bits per heavy atom. The number of aromatic nitrogens is 1. The zero-order chi connectivity index (χ0) is 27.4. The maximum atomic E-state index is 6.63. The van der Waals surface area contributed by atoms with E-state index in [1.54, 1.807) is 11.3 Å². The van der Waals surface area contributed by atoms with E-state index in [1.807, 2.05) is 6.07 Å². The van der Waals surface area contributed by atoms with E-state index in [4.69, 9.17) is 9.40 Å². The molecule has 0 N–H and O–H groups in total. The van der Waals surface area contributed by atoms with Crippen LogP contribution in [-0.4, -0.2) is 4.98 Å². The third-order valence-electron chi connectivity index (χ3n) is 8.84. The zero-order valence-electron chi connectivity index (χ0n) is 22.4. The van der Waals surface area contributed by atoms with Crippen molar-refractivity contribution in [2.75, 3.05) is 0 Å². The topological polar surface area (TPSA) is 26.0 Å². The molecular formula is C39H21NOS. The van der Waals surface area contributed by atoms with E-state index in [0.29, 0.717) is 0 Å². The predicted octanol–water partition coefficient (Wildman–Crippen LogP) is 11.5. The average molecular weight is 552 g/mol. The molecule has 0 bridgehead atoms. The molecule has 3 heteroatoms. The van der Waals surface area contributed by atoms with Crippen molar-refractivity contribution >= 4 is 65.0 Å². The highest BCUT2D eigenvalue weighted by Gasteiger charge is 2.30. The summed E-state index contributed by atoms with van der Waals surface area (Å²) in [7, 11) is 0. The van der Waals surface area contributed by atoms with Crippen molar-refractivity contribution in [3.63, 3.8) is 0 Å². The Hall–Kier alpha value is -5.25. The standard InChI is InChI=1S/C39H21NOS/c1-2-12-24-22(9-1)19-20-33-37(24)40-39(42-33)27-15-4-3-13-25(27)30-21-31-26-14-5-6-18-32(26)41-38(31)36-29-17-8-11-23-10-7-16-28(34(23)29)35(30)36/h1-21H. The Balaban J connectivity index is 1.33. The first kappa shape index (κ1) is 22.4. The number of benzene rings is 7. The number of hydrogen-bond acceptors (Lipinski definition) is 3. The smallest absolute Gasteiger partial charge is 0.143 e. The van der Waals surface area contributed by atoms with Crippen LogP contribution in [0.4, 0.5) is 0 Å². The Kier molecular flexibility index (Phi) is 4.36. The number of para-hydroxylation sites is 1. The number of fused-ring (bicyclic) bond motifs is 10. The van der Waals surface area contributed by atoms with Gasteiger partial charge < -0.3 is 4.42 Å². The molecule has 194 valence electrons. The monoisotopic (exact) mass is 551 g/mol. The van der Waals surface area contributed by atoms with Gasteiger partial charge in [-0.05, 0) is 56.6 Å². The van der Waals surface area contributed by atoms with Crippen LogP contribution in [0.3, 0.4) is 0 Å². The first-order chi connectivity index (χ1) is 20.8. The van der Waals surface area contributed by atoms with Gasteiger partial charge in [-0.3, -0.25) is 0 Å². The van der Waals surface area contributed by atoms with Gasteiger partial charge in [0.25, 0.3) is 0 Å². The van der Waals surface area contributed by atoms with Crippen LogP contribution in [-0.2, 0) is 0 Å². The van der Waals surface area contributed by atoms with Crippen molar-refractivity contribution < 1.29 is 4.42 Å². The number of nitrogens with zero attached hydrogens (tertiary/aromatic N) is 1. The summed E-state index contributed by atoms with van der Waals surface area (Å²) in [5.41, 5.74) is 11.4. The van der Waals surface area contributed by atoms with Gasteiger partial charge in [0.2, 0.25) is 0 Å². The molecule has 2 aromatic heterocycles. The molecular weight excluding hydrogens is 531 g/mol. The van der Waals surface area contributed by atoms with Gasteiger partial charge in [-0.2, -0.15) is 0 Å². The molecule has 1 aliphatic carbocycles. The highest BCUT2D eigenvalue weighted by molar-refractivity contribution is 7.21. The van der Waals surface area contributed by atoms with Crippen molar-refractivity contribution in [1.82, 2.24) is 4.98 Å². The minimum atomic E-state index is 0.918. The van der Waals surface area contributed by atoms with Gasteiger partial charge in [0.05, 0.1) is 10.2 Å². The van der Waals surface area contributed by atoms with Gasteiger partial charge in [-0.15, -0.1) is 11.3 Å². The van der Waals surface area contributed by atoms with Crippen molar-refractivity contribution in [1.29, 1.82) is 0 Å². The molecule has 0 spiro atoms. The van der Waals surface area contributed by atoms with Crippen LogP contribution in [0, 0.1) is 0 Å². The predicted molar refractivity (Wildman–Crippen MR) is 177 cm³/mol. The summed E-state index contributed by atoms with van der Waals surface area (Å²) in [6, 6.07) is 45.7. The molecule has 7 aromatic carbocycles. The molecule has 42 heavy (non-hydrogen) atoms. The van der Waals surface area contributed by atoms with E-state index in [1.165, 1.54) is 59.6 Å². The molecule has 0 radical (unpaired) electrons. The lowest BCUT2D eigenvalue weighted by Crippen LogP contribution is -1.90. The van der Waals surface area contributed by atoms with Crippen LogP contribution in [0.2, 0.25) is 0 Å². The summed E-state index contributed by atoms with van der Waals surface area (Å²) in [6.45, 7) is 0. The summed E-state index contributed by atoms with van der Waals surface area (Å²) in [4.78, 5) is 5.27. The van der Waals surface area contributed by atoms with Crippen LogP contribution in [0.5, 0.6) is 0 Å². The van der Waals surface area contributed by atoms with Crippen molar-refractivity contribution in [2.24, 2.45) is 0 Å². The third-order valence-corrected chi connectivity index (χ3v) is 9.90. The van der Waals surface area contributed by atoms with E-state index >= 15 is 0 Å². The fourth-order valence-electron chi connectivity index (χ4n) is 7.05. The largest absolute Gasteiger partial charge is 0.455 e. The maximum absolute atomic E-state index is 6.63. The van der Waals surface area contributed by atoms with Crippen molar-refractivity contribution in [2.45, 2.75) is 0 Å². The van der Waals surface area contributed by atoms with Gasteiger partial charge >= 0.3 is 0 Å². The van der Waals surface area contributed by atoms with E-state index in [2.05, 4.69) is 121 Å². The van der Waals surface area contributed by atoms with Crippen LogP contribution >= 0.6 is 11.3 Å². The summed E-state index contributed by atoms with van der Waals surface area (Å²) < 4.78 is 7.84. The van der Waals surface area contributed by atoms with Crippen LogP contribution < -0.4 is 0 Å². The molecule has 2 nitrogen and oxygen atoms in total. The average Bonchev–Trinajstić information content (AvgIpc) is 3.74. The van der Waals surface area contributed by atoms with Gasteiger partial charge in [0.1, 0.15) is 16.2 Å². The lowest BCUT2D eigenvalue weighted by Gasteiger charge is -2.14. The molecule has 0 amide bonds. The third kappa shape index (κ3) is 2.90. The number of hydrogen-bond donors (Lipinski definition) is 0. The van der Waals surface area contributed by atoms with Gasteiger partial charge in [-0.1, -0.05) is 109 Å². The molecule has 0 saturated heterocycles. The molecule has 0 saturated carbocycles. The maximum Gasteiger partial charge on any atom is 0.143 e. The first-order valence-electron chi connectivity index (χ1n) is 14.2.